The fraction of sp³-hybridized carbons (Fsp3) is 0.600. The van der Waals surface area contributed by atoms with Crippen molar-refractivity contribution in [1.82, 2.24) is 4.90 Å². The monoisotopic (exact) mass is 262 g/mol. The van der Waals surface area contributed by atoms with E-state index in [0.717, 1.165) is 38.4 Å². The second-order valence-corrected chi connectivity index (χ2v) is 5.54. The smallest absolute Gasteiger partial charge is 0.123 e. The van der Waals surface area contributed by atoms with Crippen LogP contribution in [0.3, 0.4) is 0 Å². The summed E-state index contributed by atoms with van der Waals surface area (Å²) in [5.74, 6) is 1.05. The van der Waals surface area contributed by atoms with Gasteiger partial charge in [-0.15, -0.1) is 0 Å². The zero-order valence-corrected chi connectivity index (χ0v) is 11.5. The number of aryl methyl sites for hydroxylation is 1. The molecule has 0 bridgehead atoms. The second-order valence-electron chi connectivity index (χ2n) is 5.54. The standard InChI is InChI=1S/C15H22N2O2/c1-11-2-3-15-12(6-11)7-13(19-15)9-17-4-5-18-14(8-16)10-17/h2-3,6,13-14H,4-5,7-10,16H2,1H3. The van der Waals surface area contributed by atoms with Crippen LogP contribution in [0.2, 0.25) is 0 Å². The fourth-order valence-electron chi connectivity index (χ4n) is 2.93. The van der Waals surface area contributed by atoms with Gasteiger partial charge >= 0.3 is 0 Å². The Balaban J connectivity index is 1.58. The van der Waals surface area contributed by atoms with Gasteiger partial charge < -0.3 is 15.2 Å². The van der Waals surface area contributed by atoms with E-state index >= 15 is 0 Å². The molecule has 0 aliphatic carbocycles. The summed E-state index contributed by atoms with van der Waals surface area (Å²) >= 11 is 0. The normalized spacial score (nSPS) is 27.1. The molecule has 3 rings (SSSR count). The van der Waals surface area contributed by atoms with Crippen molar-refractivity contribution in [2.45, 2.75) is 25.6 Å². The summed E-state index contributed by atoms with van der Waals surface area (Å²) in [4.78, 5) is 2.41. The van der Waals surface area contributed by atoms with Gasteiger partial charge in [-0.2, -0.15) is 0 Å². The van der Waals surface area contributed by atoms with Gasteiger partial charge in [-0.1, -0.05) is 17.7 Å². The summed E-state index contributed by atoms with van der Waals surface area (Å²) in [6.07, 6.45) is 1.47. The molecule has 104 valence electrons. The number of rotatable bonds is 3. The zero-order chi connectivity index (χ0) is 13.2. The highest BCUT2D eigenvalue weighted by Crippen LogP contribution is 2.29. The van der Waals surface area contributed by atoms with Crippen LogP contribution in [0.25, 0.3) is 0 Å². The SMILES string of the molecule is Cc1ccc2c(c1)CC(CN1CCOC(CN)C1)O2. The molecule has 2 unspecified atom stereocenters. The molecule has 0 amide bonds. The maximum atomic E-state index is 6.02. The van der Waals surface area contributed by atoms with Crippen molar-refractivity contribution >= 4 is 0 Å². The summed E-state index contributed by atoms with van der Waals surface area (Å²) in [5.41, 5.74) is 8.32. The minimum atomic E-state index is 0.180. The lowest BCUT2D eigenvalue weighted by Gasteiger charge is -2.33. The summed E-state index contributed by atoms with van der Waals surface area (Å²) < 4.78 is 11.6. The van der Waals surface area contributed by atoms with E-state index in [1.54, 1.807) is 0 Å². The van der Waals surface area contributed by atoms with E-state index < -0.39 is 0 Å². The molecule has 1 saturated heterocycles. The van der Waals surface area contributed by atoms with E-state index in [4.69, 9.17) is 15.2 Å². The highest BCUT2D eigenvalue weighted by atomic mass is 16.5. The Hall–Kier alpha value is -1.10. The Bertz CT molecular complexity index is 450. The van der Waals surface area contributed by atoms with Crippen LogP contribution in [0.1, 0.15) is 11.1 Å². The van der Waals surface area contributed by atoms with Crippen molar-refractivity contribution in [1.29, 1.82) is 0 Å². The van der Waals surface area contributed by atoms with E-state index in [9.17, 15) is 0 Å². The molecule has 0 spiro atoms. The van der Waals surface area contributed by atoms with Gasteiger partial charge in [0, 0.05) is 32.6 Å². The van der Waals surface area contributed by atoms with Gasteiger partial charge in [-0.05, 0) is 18.6 Å². The molecule has 19 heavy (non-hydrogen) atoms. The van der Waals surface area contributed by atoms with Crippen LogP contribution in [0.5, 0.6) is 5.75 Å². The summed E-state index contributed by atoms with van der Waals surface area (Å²) in [6.45, 7) is 6.37. The van der Waals surface area contributed by atoms with E-state index in [1.165, 1.54) is 11.1 Å². The second kappa shape index (κ2) is 5.49. The third kappa shape index (κ3) is 2.91. The third-order valence-electron chi connectivity index (χ3n) is 3.90. The molecule has 0 saturated carbocycles. The van der Waals surface area contributed by atoms with Crippen molar-refractivity contribution in [2.75, 3.05) is 32.8 Å². The molecule has 2 atom stereocenters. The molecule has 4 heteroatoms. The minimum absolute atomic E-state index is 0.180. The van der Waals surface area contributed by atoms with Gasteiger partial charge in [-0.3, -0.25) is 4.90 Å². The molecule has 1 aromatic carbocycles. The predicted octanol–water partition coefficient (Wildman–Crippen LogP) is 0.958. The molecule has 1 fully saturated rings. The van der Waals surface area contributed by atoms with E-state index in [0.29, 0.717) is 6.54 Å². The van der Waals surface area contributed by atoms with Crippen LogP contribution in [0, 0.1) is 6.92 Å². The Morgan fingerprint density at radius 2 is 2.26 bits per heavy atom. The Morgan fingerprint density at radius 1 is 1.37 bits per heavy atom. The molecular weight excluding hydrogens is 240 g/mol. The lowest BCUT2D eigenvalue weighted by Crippen LogP contribution is -2.48. The number of ether oxygens (including phenoxy) is 2. The summed E-state index contributed by atoms with van der Waals surface area (Å²) in [5, 5.41) is 0. The number of nitrogens with zero attached hydrogens (tertiary/aromatic N) is 1. The van der Waals surface area contributed by atoms with Crippen LogP contribution in [0.15, 0.2) is 18.2 Å². The average molecular weight is 262 g/mol. The van der Waals surface area contributed by atoms with Gasteiger partial charge in [0.15, 0.2) is 0 Å². The van der Waals surface area contributed by atoms with Crippen LogP contribution in [-0.2, 0) is 11.2 Å². The average Bonchev–Trinajstić information content (AvgIpc) is 2.80. The van der Waals surface area contributed by atoms with Crippen molar-refractivity contribution < 1.29 is 9.47 Å². The number of morpholine rings is 1. The van der Waals surface area contributed by atoms with Crippen LogP contribution < -0.4 is 10.5 Å². The van der Waals surface area contributed by atoms with Gasteiger partial charge in [0.2, 0.25) is 0 Å². The number of fused-ring (bicyclic) bond motifs is 1. The summed E-state index contributed by atoms with van der Waals surface area (Å²) in [7, 11) is 0. The summed E-state index contributed by atoms with van der Waals surface area (Å²) in [6, 6.07) is 6.43. The first-order chi connectivity index (χ1) is 9.24. The van der Waals surface area contributed by atoms with Gasteiger partial charge in [-0.25, -0.2) is 0 Å². The Morgan fingerprint density at radius 3 is 3.11 bits per heavy atom. The van der Waals surface area contributed by atoms with E-state index in [1.807, 2.05) is 0 Å². The lowest BCUT2D eigenvalue weighted by molar-refractivity contribution is -0.0319. The number of nitrogens with two attached hydrogens (primary N) is 1. The van der Waals surface area contributed by atoms with E-state index in [-0.39, 0.29) is 12.2 Å². The van der Waals surface area contributed by atoms with Gasteiger partial charge in [0.25, 0.3) is 0 Å². The van der Waals surface area contributed by atoms with Crippen LogP contribution in [-0.4, -0.2) is 49.9 Å². The topological polar surface area (TPSA) is 47.7 Å². The molecule has 2 heterocycles. The molecule has 0 radical (unpaired) electrons. The quantitative estimate of drug-likeness (QED) is 0.881. The minimum Gasteiger partial charge on any atom is -0.488 e. The van der Waals surface area contributed by atoms with Gasteiger partial charge in [0.1, 0.15) is 11.9 Å². The Kier molecular flexibility index (Phi) is 3.73. The fourth-order valence-corrected chi connectivity index (χ4v) is 2.93. The zero-order valence-electron chi connectivity index (χ0n) is 11.5. The molecule has 2 aliphatic rings. The van der Waals surface area contributed by atoms with Crippen LogP contribution >= 0.6 is 0 Å². The highest BCUT2D eigenvalue weighted by molar-refractivity contribution is 5.40. The molecule has 1 aromatic rings. The molecule has 2 aliphatic heterocycles. The molecule has 0 aromatic heterocycles. The lowest BCUT2D eigenvalue weighted by atomic mass is 10.1. The van der Waals surface area contributed by atoms with Crippen LogP contribution in [0.4, 0.5) is 0 Å². The molecular formula is C15H22N2O2. The highest BCUT2D eigenvalue weighted by Gasteiger charge is 2.27. The van der Waals surface area contributed by atoms with Crippen molar-refractivity contribution in [2.24, 2.45) is 5.73 Å². The van der Waals surface area contributed by atoms with E-state index in [2.05, 4.69) is 30.0 Å². The van der Waals surface area contributed by atoms with Crippen molar-refractivity contribution in [3.63, 3.8) is 0 Å². The number of hydrogen-bond donors (Lipinski definition) is 1. The maximum absolute atomic E-state index is 6.02. The first kappa shape index (κ1) is 12.9. The molecule has 4 nitrogen and oxygen atoms in total. The number of benzene rings is 1. The van der Waals surface area contributed by atoms with Gasteiger partial charge in [0.05, 0.1) is 12.7 Å². The number of hydrogen-bond acceptors (Lipinski definition) is 4. The first-order valence-electron chi connectivity index (χ1n) is 7.05. The van der Waals surface area contributed by atoms with Crippen molar-refractivity contribution in [3.05, 3.63) is 29.3 Å². The largest absolute Gasteiger partial charge is 0.488 e. The maximum Gasteiger partial charge on any atom is 0.123 e. The molecule has 2 N–H and O–H groups in total. The van der Waals surface area contributed by atoms with Crippen molar-refractivity contribution in [3.8, 4) is 5.75 Å². The first-order valence-corrected chi connectivity index (χ1v) is 7.05. The Labute approximate surface area is 114 Å². The predicted molar refractivity (Wildman–Crippen MR) is 74.5 cm³/mol. The third-order valence-corrected chi connectivity index (χ3v) is 3.90.